The van der Waals surface area contributed by atoms with Gasteiger partial charge in [-0.25, -0.2) is 0 Å². The first-order valence-corrected chi connectivity index (χ1v) is 8.93. The van der Waals surface area contributed by atoms with E-state index in [0.29, 0.717) is 10.6 Å². The Morgan fingerprint density at radius 3 is 2.75 bits per heavy atom. The number of nitrogens with zero attached hydrogens (tertiary/aromatic N) is 2. The summed E-state index contributed by atoms with van der Waals surface area (Å²) in [5, 5.41) is 1.61. The van der Waals surface area contributed by atoms with Crippen LogP contribution in [0.25, 0.3) is 0 Å². The summed E-state index contributed by atoms with van der Waals surface area (Å²) in [6.45, 7) is 4.61. The zero-order valence-corrected chi connectivity index (χ0v) is 15.0. The molecule has 2 rings (SSSR count). The summed E-state index contributed by atoms with van der Waals surface area (Å²) in [4.78, 5) is 16.9. The van der Waals surface area contributed by atoms with Gasteiger partial charge in [-0.1, -0.05) is 27.5 Å². The minimum absolute atomic E-state index is 0.0780. The summed E-state index contributed by atoms with van der Waals surface area (Å²) in [6, 6.07) is 5.31. The number of rotatable bonds is 3. The highest BCUT2D eigenvalue weighted by Crippen LogP contribution is 2.23. The maximum atomic E-state index is 12.6. The summed E-state index contributed by atoms with van der Waals surface area (Å²) in [6.07, 6.45) is 1.02. The van der Waals surface area contributed by atoms with E-state index in [-0.39, 0.29) is 5.91 Å². The van der Waals surface area contributed by atoms with Gasteiger partial charge in [-0.2, -0.15) is 0 Å². The molecule has 0 N–H and O–H groups in total. The van der Waals surface area contributed by atoms with Crippen LogP contribution in [0.15, 0.2) is 22.7 Å². The highest BCUT2D eigenvalue weighted by Gasteiger charge is 2.21. The molecule has 1 saturated heterocycles. The van der Waals surface area contributed by atoms with Gasteiger partial charge in [0.15, 0.2) is 0 Å². The lowest BCUT2D eigenvalue weighted by molar-refractivity contribution is 0.0761. The Hall–Kier alpha value is -0.100. The lowest BCUT2D eigenvalue weighted by Gasteiger charge is -2.22. The predicted molar refractivity (Wildman–Crippen MR) is 89.9 cm³/mol. The van der Waals surface area contributed by atoms with Gasteiger partial charge < -0.3 is 9.80 Å². The highest BCUT2D eigenvalue weighted by atomic mass is 79.9. The third-order valence-corrected chi connectivity index (χ3v) is 4.68. The lowest BCUT2D eigenvalue weighted by Crippen LogP contribution is -2.35. The third-order valence-electron chi connectivity index (χ3n) is 3.44. The molecule has 0 spiro atoms. The Balaban J connectivity index is 2.05. The summed E-state index contributed by atoms with van der Waals surface area (Å²) in [7, 11) is 0. The average Bonchev–Trinajstić information content (AvgIpc) is 2.64. The Kier molecular flexibility index (Phi) is 6.33. The molecule has 3 nitrogen and oxygen atoms in total. The van der Waals surface area contributed by atoms with Crippen molar-refractivity contribution >= 4 is 49.4 Å². The zero-order chi connectivity index (χ0) is 14.5. The van der Waals surface area contributed by atoms with Crippen molar-refractivity contribution in [3.8, 4) is 0 Å². The molecule has 1 fully saturated rings. The number of amides is 1. The minimum atomic E-state index is 0.0780. The summed E-state index contributed by atoms with van der Waals surface area (Å²) < 4.78 is 0.761. The standard InChI is InChI=1S/C14H17Br2ClN2O/c15-4-7-18-5-1-6-19(9-8-18)14(20)12-3-2-11(17)10-13(12)16/h2-3,10H,1,4-9H2. The van der Waals surface area contributed by atoms with Crippen molar-refractivity contribution in [1.29, 1.82) is 0 Å². The predicted octanol–water partition coefficient (Wildman–Crippen LogP) is 3.65. The van der Waals surface area contributed by atoms with E-state index in [1.165, 1.54) is 0 Å². The van der Waals surface area contributed by atoms with Crippen LogP contribution in [0.2, 0.25) is 5.02 Å². The van der Waals surface area contributed by atoms with Crippen molar-refractivity contribution in [2.45, 2.75) is 6.42 Å². The maximum absolute atomic E-state index is 12.6. The van der Waals surface area contributed by atoms with E-state index in [9.17, 15) is 4.79 Å². The van der Waals surface area contributed by atoms with E-state index < -0.39 is 0 Å². The molecule has 1 aliphatic heterocycles. The van der Waals surface area contributed by atoms with E-state index in [1.807, 2.05) is 4.90 Å². The molecule has 6 heteroatoms. The van der Waals surface area contributed by atoms with Crippen LogP contribution < -0.4 is 0 Å². The van der Waals surface area contributed by atoms with Crippen LogP contribution >= 0.6 is 43.5 Å². The van der Waals surface area contributed by atoms with Crippen LogP contribution in [0.3, 0.4) is 0 Å². The highest BCUT2D eigenvalue weighted by molar-refractivity contribution is 9.10. The van der Waals surface area contributed by atoms with Gasteiger partial charge in [0.05, 0.1) is 5.56 Å². The van der Waals surface area contributed by atoms with Crippen molar-refractivity contribution < 1.29 is 4.79 Å². The van der Waals surface area contributed by atoms with Gasteiger partial charge in [-0.05, 0) is 47.1 Å². The Morgan fingerprint density at radius 1 is 1.25 bits per heavy atom. The van der Waals surface area contributed by atoms with Gasteiger partial charge >= 0.3 is 0 Å². The molecule has 1 aromatic carbocycles. The Labute approximate surface area is 141 Å². The third kappa shape index (κ3) is 4.20. The monoisotopic (exact) mass is 422 g/mol. The molecule has 1 heterocycles. The largest absolute Gasteiger partial charge is 0.337 e. The molecule has 0 bridgehead atoms. The fourth-order valence-electron chi connectivity index (χ4n) is 2.35. The second-order valence-electron chi connectivity index (χ2n) is 4.80. The van der Waals surface area contributed by atoms with E-state index in [4.69, 9.17) is 11.6 Å². The second-order valence-corrected chi connectivity index (χ2v) is 6.88. The van der Waals surface area contributed by atoms with Crippen LogP contribution in [-0.4, -0.2) is 53.8 Å². The number of hydrogen-bond acceptors (Lipinski definition) is 2. The molecule has 0 saturated carbocycles. The quantitative estimate of drug-likeness (QED) is 0.692. The fraction of sp³-hybridized carbons (Fsp3) is 0.500. The summed E-state index contributed by atoms with van der Waals surface area (Å²) in [5.74, 6) is 0.0780. The minimum Gasteiger partial charge on any atom is -0.337 e. The molecule has 110 valence electrons. The van der Waals surface area contributed by atoms with Crippen molar-refractivity contribution in [1.82, 2.24) is 9.80 Å². The summed E-state index contributed by atoms with van der Waals surface area (Å²) in [5.41, 5.74) is 0.684. The molecule has 0 aromatic heterocycles. The smallest absolute Gasteiger partial charge is 0.255 e. The van der Waals surface area contributed by atoms with Crippen LogP contribution in [0.4, 0.5) is 0 Å². The van der Waals surface area contributed by atoms with Crippen molar-refractivity contribution in [3.63, 3.8) is 0 Å². The number of benzene rings is 1. The van der Waals surface area contributed by atoms with Gasteiger partial charge in [-0.15, -0.1) is 0 Å². The van der Waals surface area contributed by atoms with E-state index in [0.717, 1.165) is 48.9 Å². The first-order valence-electron chi connectivity index (χ1n) is 6.64. The van der Waals surface area contributed by atoms with E-state index in [2.05, 4.69) is 36.8 Å². The van der Waals surface area contributed by atoms with Gasteiger partial charge in [0.2, 0.25) is 0 Å². The van der Waals surface area contributed by atoms with Crippen LogP contribution in [-0.2, 0) is 0 Å². The maximum Gasteiger partial charge on any atom is 0.255 e. The molecular weight excluding hydrogens is 407 g/mol. The van der Waals surface area contributed by atoms with Gasteiger partial charge in [0, 0.05) is 41.0 Å². The molecule has 1 aromatic rings. The number of carbonyl (C=O) groups excluding carboxylic acids is 1. The fourth-order valence-corrected chi connectivity index (χ4v) is 3.70. The molecule has 0 unspecified atom stereocenters. The van der Waals surface area contributed by atoms with Crippen LogP contribution in [0.1, 0.15) is 16.8 Å². The van der Waals surface area contributed by atoms with Crippen molar-refractivity contribution in [3.05, 3.63) is 33.3 Å². The van der Waals surface area contributed by atoms with Gasteiger partial charge in [-0.3, -0.25) is 4.79 Å². The lowest BCUT2D eigenvalue weighted by atomic mass is 10.2. The van der Waals surface area contributed by atoms with E-state index in [1.54, 1.807) is 18.2 Å². The summed E-state index contributed by atoms with van der Waals surface area (Å²) >= 11 is 12.8. The molecule has 0 radical (unpaired) electrons. The Morgan fingerprint density at radius 2 is 2.05 bits per heavy atom. The topological polar surface area (TPSA) is 23.6 Å². The molecule has 1 aliphatic rings. The molecule has 1 amide bonds. The first kappa shape index (κ1) is 16.3. The zero-order valence-electron chi connectivity index (χ0n) is 11.1. The second kappa shape index (κ2) is 7.78. The Bertz CT molecular complexity index is 484. The van der Waals surface area contributed by atoms with Gasteiger partial charge in [0.1, 0.15) is 0 Å². The molecule has 0 atom stereocenters. The number of carbonyl (C=O) groups is 1. The van der Waals surface area contributed by atoms with Crippen LogP contribution in [0, 0.1) is 0 Å². The first-order chi connectivity index (χ1) is 9.61. The number of alkyl halides is 1. The van der Waals surface area contributed by atoms with Gasteiger partial charge in [0.25, 0.3) is 5.91 Å². The normalized spacial score (nSPS) is 17.1. The SMILES string of the molecule is O=C(c1ccc(Cl)cc1Br)N1CCCN(CCBr)CC1. The van der Waals surface area contributed by atoms with Crippen LogP contribution in [0.5, 0.6) is 0 Å². The molecular formula is C14H17Br2ClN2O. The molecule has 20 heavy (non-hydrogen) atoms. The number of halogens is 3. The van der Waals surface area contributed by atoms with E-state index >= 15 is 0 Å². The van der Waals surface area contributed by atoms with Crippen molar-refractivity contribution in [2.24, 2.45) is 0 Å². The number of hydrogen-bond donors (Lipinski definition) is 0. The average molecular weight is 425 g/mol. The van der Waals surface area contributed by atoms with Crippen molar-refractivity contribution in [2.75, 3.05) is 38.1 Å². The molecule has 0 aliphatic carbocycles.